The largest absolute Gasteiger partial charge is 0.462 e. The molecule has 1 aliphatic heterocycles. The van der Waals surface area contributed by atoms with Crippen LogP contribution in [-0.2, 0) is 17.6 Å². The molecule has 148 valence electrons. The van der Waals surface area contributed by atoms with Gasteiger partial charge in [-0.3, -0.25) is 10.2 Å². The lowest BCUT2D eigenvalue weighted by atomic mass is 9.95. The zero-order valence-electron chi connectivity index (χ0n) is 16.1. The van der Waals surface area contributed by atoms with Gasteiger partial charge in [0.05, 0.1) is 17.9 Å². The molecule has 0 fully saturated rings. The number of carbonyl (C=O) groups excluding carboxylic acids is 2. The minimum atomic E-state index is -0.333. The van der Waals surface area contributed by atoms with E-state index < -0.39 is 0 Å². The molecular formula is C21H24N2O3S2. The monoisotopic (exact) mass is 416 g/mol. The molecular weight excluding hydrogens is 392 g/mol. The van der Waals surface area contributed by atoms with E-state index in [0.29, 0.717) is 29.0 Å². The number of esters is 1. The van der Waals surface area contributed by atoms with Crippen LogP contribution in [0.4, 0.5) is 15.5 Å². The Morgan fingerprint density at radius 3 is 2.86 bits per heavy atom. The van der Waals surface area contributed by atoms with Crippen molar-refractivity contribution >= 4 is 45.8 Å². The molecule has 1 aromatic carbocycles. The van der Waals surface area contributed by atoms with Gasteiger partial charge in [-0.15, -0.1) is 23.1 Å². The summed E-state index contributed by atoms with van der Waals surface area (Å²) in [5.74, 6) is -0.333. The van der Waals surface area contributed by atoms with Crippen LogP contribution < -0.4 is 10.2 Å². The number of thiophene rings is 1. The maximum Gasteiger partial charge on any atom is 0.341 e. The van der Waals surface area contributed by atoms with Crippen LogP contribution in [0.25, 0.3) is 0 Å². The number of benzene rings is 1. The summed E-state index contributed by atoms with van der Waals surface area (Å²) in [4.78, 5) is 29.9. The van der Waals surface area contributed by atoms with Gasteiger partial charge in [0.15, 0.2) is 0 Å². The van der Waals surface area contributed by atoms with Gasteiger partial charge < -0.3 is 4.74 Å². The fourth-order valence-electron chi connectivity index (χ4n) is 3.82. The number of nitrogens with zero attached hydrogens (tertiary/aromatic N) is 1. The predicted octanol–water partition coefficient (Wildman–Crippen LogP) is 5.34. The first-order valence-corrected chi connectivity index (χ1v) is 11.4. The number of aryl methyl sites for hydroxylation is 1. The lowest BCUT2D eigenvalue weighted by Crippen LogP contribution is -2.41. The Balaban J connectivity index is 1.65. The normalized spacial score (nSPS) is 18.2. The Morgan fingerprint density at radius 2 is 2.04 bits per heavy atom. The van der Waals surface area contributed by atoms with Crippen LogP contribution in [0.5, 0.6) is 0 Å². The number of rotatable bonds is 3. The van der Waals surface area contributed by atoms with E-state index in [2.05, 4.69) is 12.2 Å². The third-order valence-corrected chi connectivity index (χ3v) is 7.40. The van der Waals surface area contributed by atoms with E-state index in [1.807, 2.05) is 24.3 Å². The number of fused-ring (bicyclic) bond motifs is 2. The zero-order chi connectivity index (χ0) is 19.7. The second-order valence-corrected chi connectivity index (χ2v) is 9.66. The summed E-state index contributed by atoms with van der Waals surface area (Å²) in [7, 11) is 0. The van der Waals surface area contributed by atoms with Crippen LogP contribution in [0.15, 0.2) is 29.2 Å². The van der Waals surface area contributed by atoms with Crippen molar-refractivity contribution in [2.75, 3.05) is 23.4 Å². The predicted molar refractivity (Wildman–Crippen MR) is 115 cm³/mol. The number of carbonyl (C=O) groups is 2. The number of ether oxygens (including phenoxy) is 1. The van der Waals surface area contributed by atoms with Crippen LogP contribution in [0.3, 0.4) is 0 Å². The molecule has 0 bridgehead atoms. The molecule has 2 heterocycles. The zero-order valence-corrected chi connectivity index (χ0v) is 17.8. The first kappa shape index (κ1) is 19.3. The highest BCUT2D eigenvalue weighted by Crippen LogP contribution is 2.41. The summed E-state index contributed by atoms with van der Waals surface area (Å²) in [5.41, 5.74) is 2.54. The number of hydrogen-bond acceptors (Lipinski definition) is 5. The maximum absolute atomic E-state index is 13.2. The number of nitrogens with one attached hydrogen (secondary N) is 1. The minimum Gasteiger partial charge on any atom is -0.462 e. The van der Waals surface area contributed by atoms with Gasteiger partial charge in [0, 0.05) is 21.6 Å². The van der Waals surface area contributed by atoms with E-state index in [9.17, 15) is 9.59 Å². The van der Waals surface area contributed by atoms with Gasteiger partial charge in [-0.25, -0.2) is 9.59 Å². The highest BCUT2D eigenvalue weighted by molar-refractivity contribution is 8.00. The molecule has 0 radical (unpaired) electrons. The Labute approximate surface area is 173 Å². The molecule has 1 aliphatic carbocycles. The van der Waals surface area contributed by atoms with Crippen molar-refractivity contribution < 1.29 is 14.3 Å². The van der Waals surface area contributed by atoms with Crippen molar-refractivity contribution in [2.24, 2.45) is 0 Å². The molecule has 0 saturated heterocycles. The molecule has 7 heteroatoms. The van der Waals surface area contributed by atoms with Gasteiger partial charge in [0.1, 0.15) is 5.00 Å². The number of para-hydroxylation sites is 1. The van der Waals surface area contributed by atoms with Crippen LogP contribution >= 0.6 is 23.1 Å². The van der Waals surface area contributed by atoms with Crippen molar-refractivity contribution in [2.45, 2.75) is 49.7 Å². The number of amides is 2. The molecule has 0 saturated carbocycles. The number of anilines is 2. The molecule has 0 unspecified atom stereocenters. The Morgan fingerprint density at radius 1 is 1.25 bits per heavy atom. The molecule has 2 amide bonds. The molecule has 0 spiro atoms. The van der Waals surface area contributed by atoms with Crippen LogP contribution in [-0.4, -0.2) is 30.4 Å². The molecule has 1 aromatic heterocycles. The number of urea groups is 1. The number of thioether (sulfide) groups is 1. The first-order valence-electron chi connectivity index (χ1n) is 9.74. The molecule has 2 aromatic rings. The summed E-state index contributed by atoms with van der Waals surface area (Å²) >= 11 is 3.31. The van der Waals surface area contributed by atoms with E-state index in [4.69, 9.17) is 4.74 Å². The first-order chi connectivity index (χ1) is 13.6. The van der Waals surface area contributed by atoms with Crippen molar-refractivity contribution in [3.63, 3.8) is 0 Å². The summed E-state index contributed by atoms with van der Waals surface area (Å²) in [6, 6.07) is 7.77. The van der Waals surface area contributed by atoms with E-state index in [0.717, 1.165) is 41.8 Å². The fourth-order valence-corrected chi connectivity index (χ4v) is 6.20. The summed E-state index contributed by atoms with van der Waals surface area (Å²) in [5, 5.41) is 3.96. The summed E-state index contributed by atoms with van der Waals surface area (Å²) in [6.07, 6.45) is 4.02. The van der Waals surface area contributed by atoms with Gasteiger partial charge in [0.2, 0.25) is 0 Å². The van der Waals surface area contributed by atoms with Crippen LogP contribution in [0, 0.1) is 0 Å². The van der Waals surface area contributed by atoms with Gasteiger partial charge >= 0.3 is 12.0 Å². The Bertz CT molecular complexity index is 909. The molecule has 28 heavy (non-hydrogen) atoms. The SMILES string of the molecule is CCOC(=O)c1c(NC(=O)N2C[C@@H](C)Sc3ccccc32)sc2c1CCCC2. The van der Waals surface area contributed by atoms with Crippen molar-refractivity contribution in [3.05, 3.63) is 40.3 Å². The summed E-state index contributed by atoms with van der Waals surface area (Å²) in [6.45, 7) is 4.88. The quantitative estimate of drug-likeness (QED) is 0.687. The van der Waals surface area contributed by atoms with E-state index in [-0.39, 0.29) is 12.0 Å². The van der Waals surface area contributed by atoms with Gasteiger partial charge in [-0.1, -0.05) is 19.1 Å². The standard InChI is InChI=1S/C21H24N2O3S2/c1-3-26-20(24)18-14-8-4-6-10-16(14)28-19(18)22-21(25)23-12-13(2)27-17-11-7-5-9-15(17)23/h5,7,9,11,13H,3-4,6,8,10,12H2,1-2H3,(H,22,25)/t13-/m1/s1. The van der Waals surface area contributed by atoms with Gasteiger partial charge in [-0.05, 0) is 50.3 Å². The Kier molecular flexibility index (Phi) is 5.64. The summed E-state index contributed by atoms with van der Waals surface area (Å²) < 4.78 is 5.29. The lowest BCUT2D eigenvalue weighted by Gasteiger charge is -2.32. The topological polar surface area (TPSA) is 58.6 Å². The second-order valence-electron chi connectivity index (χ2n) is 7.07. The maximum atomic E-state index is 13.2. The van der Waals surface area contributed by atoms with Crippen molar-refractivity contribution in [1.82, 2.24) is 0 Å². The van der Waals surface area contributed by atoms with Crippen molar-refractivity contribution in [3.8, 4) is 0 Å². The third kappa shape index (κ3) is 3.65. The molecule has 2 aliphatic rings. The van der Waals surface area contributed by atoms with Crippen LogP contribution in [0.1, 0.15) is 47.5 Å². The van der Waals surface area contributed by atoms with E-state index in [1.165, 1.54) is 16.2 Å². The Hall–Kier alpha value is -1.99. The van der Waals surface area contributed by atoms with Crippen molar-refractivity contribution in [1.29, 1.82) is 0 Å². The smallest absolute Gasteiger partial charge is 0.341 e. The average Bonchev–Trinajstić information content (AvgIpc) is 3.05. The fraction of sp³-hybridized carbons (Fsp3) is 0.429. The molecule has 1 N–H and O–H groups in total. The minimum absolute atomic E-state index is 0.191. The third-order valence-electron chi connectivity index (χ3n) is 5.04. The molecule has 4 rings (SSSR count). The number of hydrogen-bond donors (Lipinski definition) is 1. The highest BCUT2D eigenvalue weighted by Gasteiger charge is 2.31. The highest BCUT2D eigenvalue weighted by atomic mass is 32.2. The molecule has 5 nitrogen and oxygen atoms in total. The lowest BCUT2D eigenvalue weighted by molar-refractivity contribution is 0.0526. The van der Waals surface area contributed by atoms with E-state index in [1.54, 1.807) is 23.6 Å². The average molecular weight is 417 g/mol. The second kappa shape index (κ2) is 8.17. The van der Waals surface area contributed by atoms with E-state index >= 15 is 0 Å². The van der Waals surface area contributed by atoms with Gasteiger partial charge in [0.25, 0.3) is 0 Å². The van der Waals surface area contributed by atoms with Crippen LogP contribution in [0.2, 0.25) is 0 Å². The van der Waals surface area contributed by atoms with Gasteiger partial charge in [-0.2, -0.15) is 0 Å². The molecule has 1 atom stereocenters.